The van der Waals surface area contributed by atoms with E-state index < -0.39 is 28.5 Å². The number of aryl methyl sites for hydroxylation is 1. The van der Waals surface area contributed by atoms with Crippen LogP contribution in [0, 0.1) is 6.92 Å². The molecule has 220 valence electrons. The molecule has 0 spiro atoms. The Morgan fingerprint density at radius 2 is 1.73 bits per heavy atom. The molecule has 3 rings (SSSR count). The van der Waals surface area contributed by atoms with E-state index in [-0.39, 0.29) is 23.0 Å². The Morgan fingerprint density at radius 3 is 2.37 bits per heavy atom. The summed E-state index contributed by atoms with van der Waals surface area (Å²) < 4.78 is 34.2. The van der Waals surface area contributed by atoms with E-state index >= 15 is 0 Å². The number of unbranched alkanes of at least 4 members (excludes halogenated alkanes) is 1. The fourth-order valence-electron chi connectivity index (χ4n) is 4.38. The van der Waals surface area contributed by atoms with Gasteiger partial charge in [-0.05, 0) is 67.3 Å². The first-order valence-corrected chi connectivity index (χ1v) is 15.5. The second-order valence-corrected chi connectivity index (χ2v) is 12.0. The van der Waals surface area contributed by atoms with Gasteiger partial charge in [0.2, 0.25) is 11.8 Å². The predicted molar refractivity (Wildman–Crippen MR) is 163 cm³/mol. The molecular formula is C31H38ClN3O5S. The van der Waals surface area contributed by atoms with Gasteiger partial charge in [0, 0.05) is 18.1 Å². The number of nitrogens with one attached hydrogen (secondary N) is 1. The fraction of sp³-hybridized carbons (Fsp3) is 0.355. The van der Waals surface area contributed by atoms with Crippen LogP contribution in [0.2, 0.25) is 5.02 Å². The van der Waals surface area contributed by atoms with Crippen LogP contribution in [0.3, 0.4) is 0 Å². The molecule has 0 saturated heterocycles. The summed E-state index contributed by atoms with van der Waals surface area (Å²) in [5.41, 5.74) is 1.76. The summed E-state index contributed by atoms with van der Waals surface area (Å²) in [5.74, 6) is -0.201. The maximum atomic E-state index is 14.1. The number of ether oxygens (including phenoxy) is 1. The van der Waals surface area contributed by atoms with E-state index in [1.807, 2.05) is 26.8 Å². The van der Waals surface area contributed by atoms with Crippen LogP contribution in [0.5, 0.6) is 5.75 Å². The van der Waals surface area contributed by atoms with Gasteiger partial charge < -0.3 is 15.0 Å². The smallest absolute Gasteiger partial charge is 0.264 e. The number of anilines is 1. The fourth-order valence-corrected chi connectivity index (χ4v) is 5.98. The first kappa shape index (κ1) is 32.0. The number of rotatable bonds is 14. The highest BCUT2D eigenvalue weighted by Crippen LogP contribution is 2.29. The highest BCUT2D eigenvalue weighted by molar-refractivity contribution is 7.92. The van der Waals surface area contributed by atoms with Gasteiger partial charge in [0.25, 0.3) is 10.0 Å². The van der Waals surface area contributed by atoms with Gasteiger partial charge in [-0.15, -0.1) is 0 Å². The van der Waals surface area contributed by atoms with Crippen molar-refractivity contribution in [1.82, 2.24) is 10.2 Å². The summed E-state index contributed by atoms with van der Waals surface area (Å²) in [5, 5.41) is 3.30. The second kappa shape index (κ2) is 14.9. The number of halogens is 1. The van der Waals surface area contributed by atoms with Crippen molar-refractivity contribution >= 4 is 39.1 Å². The number of sulfonamides is 1. The summed E-state index contributed by atoms with van der Waals surface area (Å²) in [4.78, 5) is 28.9. The third kappa shape index (κ3) is 8.24. The molecule has 1 atom stereocenters. The quantitative estimate of drug-likeness (QED) is 0.244. The predicted octanol–water partition coefficient (Wildman–Crippen LogP) is 5.58. The molecule has 0 unspecified atom stereocenters. The van der Waals surface area contributed by atoms with Gasteiger partial charge in [-0.1, -0.05) is 68.3 Å². The largest absolute Gasteiger partial charge is 0.497 e. The van der Waals surface area contributed by atoms with E-state index in [0.717, 1.165) is 28.3 Å². The monoisotopic (exact) mass is 599 g/mol. The molecule has 41 heavy (non-hydrogen) atoms. The van der Waals surface area contributed by atoms with Crippen molar-refractivity contribution in [2.24, 2.45) is 0 Å². The zero-order chi connectivity index (χ0) is 30.0. The Hall–Kier alpha value is -3.56. The van der Waals surface area contributed by atoms with E-state index in [4.69, 9.17) is 16.3 Å². The standard InChI is InChI=1S/C31H38ClN3O5S/c1-5-7-18-33-31(37)29(6-2)34(21-24-12-11-13-26(19-24)40-4)30(36)22-35(25-17-16-23(3)28(32)20-25)41(38,39)27-14-9-8-10-15-27/h8-17,19-20,29H,5-7,18,21-22H2,1-4H3,(H,33,37)/t29-/m1/s1. The average Bonchev–Trinajstić information content (AvgIpc) is 2.97. The Bertz CT molecular complexity index is 1430. The van der Waals surface area contributed by atoms with E-state index in [1.165, 1.54) is 23.1 Å². The third-order valence-corrected chi connectivity index (χ3v) is 8.95. The molecule has 3 aromatic rings. The summed E-state index contributed by atoms with van der Waals surface area (Å²) >= 11 is 6.38. The van der Waals surface area contributed by atoms with Gasteiger partial charge in [-0.25, -0.2) is 8.42 Å². The topological polar surface area (TPSA) is 96.0 Å². The van der Waals surface area contributed by atoms with Gasteiger partial charge in [0.05, 0.1) is 17.7 Å². The molecule has 0 bridgehead atoms. The first-order chi connectivity index (χ1) is 19.6. The van der Waals surface area contributed by atoms with Gasteiger partial charge in [0.15, 0.2) is 0 Å². The van der Waals surface area contributed by atoms with Crippen LogP contribution >= 0.6 is 11.6 Å². The average molecular weight is 600 g/mol. The number of nitrogens with zero attached hydrogens (tertiary/aromatic N) is 2. The van der Waals surface area contributed by atoms with Gasteiger partial charge >= 0.3 is 0 Å². The molecule has 2 amide bonds. The van der Waals surface area contributed by atoms with Crippen LogP contribution in [-0.4, -0.2) is 51.4 Å². The first-order valence-electron chi connectivity index (χ1n) is 13.7. The molecule has 0 fully saturated rings. The molecular weight excluding hydrogens is 562 g/mol. The Morgan fingerprint density at radius 1 is 1.00 bits per heavy atom. The van der Waals surface area contributed by atoms with Gasteiger partial charge in [-0.3, -0.25) is 13.9 Å². The van der Waals surface area contributed by atoms with Crippen molar-refractivity contribution < 1.29 is 22.7 Å². The Balaban J connectivity index is 2.05. The number of hydrogen-bond donors (Lipinski definition) is 1. The number of hydrogen-bond acceptors (Lipinski definition) is 5. The molecule has 0 aliphatic heterocycles. The Kier molecular flexibility index (Phi) is 11.6. The van der Waals surface area contributed by atoms with Crippen molar-refractivity contribution in [2.45, 2.75) is 57.5 Å². The third-order valence-electron chi connectivity index (χ3n) is 6.76. The zero-order valence-electron chi connectivity index (χ0n) is 24.0. The lowest BCUT2D eigenvalue weighted by Gasteiger charge is -2.33. The van der Waals surface area contributed by atoms with Crippen molar-refractivity contribution in [3.05, 3.63) is 88.9 Å². The number of benzene rings is 3. The second-order valence-electron chi connectivity index (χ2n) is 9.70. The molecule has 0 aromatic heterocycles. The molecule has 0 aliphatic carbocycles. The molecule has 0 radical (unpaired) electrons. The minimum atomic E-state index is -4.16. The van der Waals surface area contributed by atoms with E-state index in [2.05, 4.69) is 5.32 Å². The van der Waals surface area contributed by atoms with Crippen LogP contribution in [0.25, 0.3) is 0 Å². The van der Waals surface area contributed by atoms with E-state index in [9.17, 15) is 18.0 Å². The summed E-state index contributed by atoms with van der Waals surface area (Å²) in [6.45, 7) is 5.72. The summed E-state index contributed by atoms with van der Waals surface area (Å²) in [6.07, 6.45) is 2.06. The van der Waals surface area contributed by atoms with Crippen LogP contribution in [0.15, 0.2) is 77.7 Å². The molecule has 1 N–H and O–H groups in total. The van der Waals surface area contributed by atoms with Crippen molar-refractivity contribution in [2.75, 3.05) is 24.5 Å². The highest BCUT2D eigenvalue weighted by Gasteiger charge is 2.33. The minimum absolute atomic E-state index is 0.0354. The molecule has 0 saturated carbocycles. The lowest BCUT2D eigenvalue weighted by molar-refractivity contribution is -0.140. The molecule has 3 aromatic carbocycles. The molecule has 8 nitrogen and oxygen atoms in total. The van der Waals surface area contributed by atoms with Crippen LogP contribution < -0.4 is 14.4 Å². The zero-order valence-corrected chi connectivity index (χ0v) is 25.5. The molecule has 0 aliphatic rings. The maximum absolute atomic E-state index is 14.1. The van der Waals surface area contributed by atoms with E-state index in [1.54, 1.807) is 55.6 Å². The van der Waals surface area contributed by atoms with Crippen molar-refractivity contribution in [3.8, 4) is 5.75 Å². The maximum Gasteiger partial charge on any atom is 0.264 e. The summed E-state index contributed by atoms with van der Waals surface area (Å²) in [7, 11) is -2.61. The van der Waals surface area contributed by atoms with Gasteiger partial charge in [0.1, 0.15) is 18.3 Å². The Labute approximate surface area is 248 Å². The normalized spacial score (nSPS) is 11.9. The lowest BCUT2D eigenvalue weighted by atomic mass is 10.1. The lowest BCUT2D eigenvalue weighted by Crippen LogP contribution is -2.52. The van der Waals surface area contributed by atoms with Crippen LogP contribution in [-0.2, 0) is 26.2 Å². The van der Waals surface area contributed by atoms with Crippen molar-refractivity contribution in [1.29, 1.82) is 0 Å². The van der Waals surface area contributed by atoms with Gasteiger partial charge in [-0.2, -0.15) is 0 Å². The number of carbonyl (C=O) groups excluding carboxylic acids is 2. The molecule has 10 heteroatoms. The SMILES string of the molecule is CCCCNC(=O)[C@@H](CC)N(Cc1cccc(OC)c1)C(=O)CN(c1ccc(C)c(Cl)c1)S(=O)(=O)c1ccccc1. The minimum Gasteiger partial charge on any atom is -0.497 e. The van der Waals surface area contributed by atoms with E-state index in [0.29, 0.717) is 23.7 Å². The highest BCUT2D eigenvalue weighted by atomic mass is 35.5. The number of methoxy groups -OCH3 is 1. The van der Waals surface area contributed by atoms with Crippen LogP contribution in [0.4, 0.5) is 5.69 Å². The number of amides is 2. The van der Waals surface area contributed by atoms with Crippen molar-refractivity contribution in [3.63, 3.8) is 0 Å². The van der Waals surface area contributed by atoms with Crippen LogP contribution in [0.1, 0.15) is 44.2 Å². The molecule has 0 heterocycles. The number of carbonyl (C=O) groups is 2. The summed E-state index contributed by atoms with van der Waals surface area (Å²) in [6, 6.07) is 19.2.